The lowest BCUT2D eigenvalue weighted by Gasteiger charge is -2.13. The Morgan fingerprint density at radius 3 is 2.31 bits per heavy atom. The van der Waals surface area contributed by atoms with Gasteiger partial charge in [-0.25, -0.2) is 17.7 Å². The van der Waals surface area contributed by atoms with Crippen LogP contribution in [-0.2, 0) is 23.1 Å². The highest BCUT2D eigenvalue weighted by molar-refractivity contribution is 14.0. The van der Waals surface area contributed by atoms with Gasteiger partial charge >= 0.3 is 0 Å². The van der Waals surface area contributed by atoms with Crippen molar-refractivity contribution >= 4 is 51.3 Å². The van der Waals surface area contributed by atoms with Gasteiger partial charge in [0.05, 0.1) is 11.4 Å². The Bertz CT molecular complexity index is 833. The smallest absolute Gasteiger partial charge is 0.242 e. The van der Waals surface area contributed by atoms with Gasteiger partial charge in [-0.15, -0.1) is 35.3 Å². The van der Waals surface area contributed by atoms with Gasteiger partial charge in [0.15, 0.2) is 5.96 Å². The fraction of sp³-hybridized carbons (Fsp3) is 0.375. The van der Waals surface area contributed by atoms with E-state index in [2.05, 4.69) is 20.6 Å². The van der Waals surface area contributed by atoms with Gasteiger partial charge in [0.2, 0.25) is 10.0 Å². The van der Waals surface area contributed by atoms with Crippen LogP contribution >= 0.6 is 35.3 Å². The number of nitrogens with zero attached hydrogens (tertiary/aromatic N) is 3. The molecule has 0 bridgehead atoms. The number of rotatable bonds is 6. The Morgan fingerprint density at radius 1 is 1.19 bits per heavy atom. The summed E-state index contributed by atoms with van der Waals surface area (Å²) >= 11 is 1.64. The monoisotopic (exact) mass is 509 g/mol. The van der Waals surface area contributed by atoms with Crippen LogP contribution in [0.1, 0.15) is 15.4 Å². The van der Waals surface area contributed by atoms with Crippen LogP contribution in [0.4, 0.5) is 0 Å². The highest BCUT2D eigenvalue weighted by atomic mass is 127. The maximum Gasteiger partial charge on any atom is 0.242 e. The zero-order valence-electron chi connectivity index (χ0n) is 15.2. The number of benzene rings is 1. The van der Waals surface area contributed by atoms with Gasteiger partial charge < -0.3 is 10.6 Å². The van der Waals surface area contributed by atoms with E-state index in [1.165, 1.54) is 23.3 Å². The van der Waals surface area contributed by atoms with E-state index >= 15 is 0 Å². The van der Waals surface area contributed by atoms with Gasteiger partial charge in [-0.2, -0.15) is 0 Å². The van der Waals surface area contributed by atoms with Gasteiger partial charge in [0.1, 0.15) is 5.01 Å². The summed E-state index contributed by atoms with van der Waals surface area (Å²) in [5.74, 6) is 0.665. The highest BCUT2D eigenvalue weighted by Crippen LogP contribution is 2.14. The first kappa shape index (κ1) is 22.8. The molecule has 0 radical (unpaired) electrons. The van der Waals surface area contributed by atoms with Gasteiger partial charge in [0, 0.05) is 38.8 Å². The predicted molar refractivity (Wildman–Crippen MR) is 117 cm³/mol. The zero-order chi connectivity index (χ0) is 18.4. The number of nitrogens with one attached hydrogen (secondary N) is 2. The number of aryl methyl sites for hydroxylation is 1. The number of thiazole rings is 1. The summed E-state index contributed by atoms with van der Waals surface area (Å²) in [5, 5.41) is 7.40. The summed E-state index contributed by atoms with van der Waals surface area (Å²) in [6.45, 7) is 3.17. The van der Waals surface area contributed by atoms with Crippen LogP contribution < -0.4 is 10.6 Å². The second kappa shape index (κ2) is 10.2. The predicted octanol–water partition coefficient (Wildman–Crippen LogP) is 2.19. The molecule has 0 aliphatic heterocycles. The standard InChI is InChI=1S/C16H23N5O2S2.HI/c1-12-9-18-15(24-12)11-20-16(17-2)19-10-13-5-7-14(8-6-13)25(22,23)21(3)4;/h5-9H,10-11H2,1-4H3,(H2,17,19,20);1H. The maximum atomic E-state index is 12.1. The van der Waals surface area contributed by atoms with Crippen molar-refractivity contribution in [3.8, 4) is 0 Å². The highest BCUT2D eigenvalue weighted by Gasteiger charge is 2.16. The van der Waals surface area contributed by atoms with E-state index in [-0.39, 0.29) is 28.9 Å². The van der Waals surface area contributed by atoms with Crippen molar-refractivity contribution in [1.29, 1.82) is 0 Å². The van der Waals surface area contributed by atoms with Crippen molar-refractivity contribution in [2.24, 2.45) is 4.99 Å². The fourth-order valence-electron chi connectivity index (χ4n) is 2.04. The molecule has 1 heterocycles. The minimum Gasteiger partial charge on any atom is -0.352 e. The average Bonchev–Trinajstić information content (AvgIpc) is 3.00. The largest absolute Gasteiger partial charge is 0.352 e. The van der Waals surface area contributed by atoms with E-state index in [4.69, 9.17) is 0 Å². The van der Waals surface area contributed by atoms with Gasteiger partial charge in [-0.3, -0.25) is 4.99 Å². The van der Waals surface area contributed by atoms with E-state index in [0.717, 1.165) is 10.6 Å². The molecule has 144 valence electrons. The first-order valence-corrected chi connectivity index (χ1v) is 9.96. The third kappa shape index (κ3) is 6.18. The topological polar surface area (TPSA) is 86.7 Å². The molecule has 1 aromatic carbocycles. The molecule has 0 aliphatic carbocycles. The van der Waals surface area contributed by atoms with Crippen LogP contribution in [0.3, 0.4) is 0 Å². The fourth-order valence-corrected chi connectivity index (χ4v) is 3.67. The number of sulfonamides is 1. The lowest BCUT2D eigenvalue weighted by atomic mass is 10.2. The summed E-state index contributed by atoms with van der Waals surface area (Å²) in [7, 11) is 1.34. The second-order valence-corrected chi connectivity index (χ2v) is 9.05. The molecule has 0 amide bonds. The van der Waals surface area contributed by atoms with Gasteiger partial charge in [-0.1, -0.05) is 12.1 Å². The van der Waals surface area contributed by atoms with Crippen molar-refractivity contribution in [2.75, 3.05) is 21.1 Å². The Kier molecular flexibility index (Phi) is 8.93. The van der Waals surface area contributed by atoms with Gasteiger partial charge in [-0.05, 0) is 24.6 Å². The van der Waals surface area contributed by atoms with Crippen molar-refractivity contribution in [1.82, 2.24) is 19.9 Å². The molecule has 26 heavy (non-hydrogen) atoms. The SMILES string of the molecule is CN=C(NCc1ccc(S(=O)(=O)N(C)C)cc1)NCc1ncc(C)s1.I. The molecule has 0 unspecified atom stereocenters. The van der Waals surface area contributed by atoms with Crippen molar-refractivity contribution in [3.63, 3.8) is 0 Å². The Labute approximate surface area is 176 Å². The first-order chi connectivity index (χ1) is 11.8. The minimum absolute atomic E-state index is 0. The summed E-state index contributed by atoms with van der Waals surface area (Å²) in [4.78, 5) is 9.93. The lowest BCUT2D eigenvalue weighted by Crippen LogP contribution is -2.36. The van der Waals surface area contributed by atoms with Crippen LogP contribution in [0.2, 0.25) is 0 Å². The Balaban J connectivity index is 0.00000338. The van der Waals surface area contributed by atoms with Crippen molar-refractivity contribution < 1.29 is 8.42 Å². The molecule has 2 rings (SSSR count). The number of hydrogen-bond acceptors (Lipinski definition) is 5. The molecular formula is C16H24IN5O2S2. The van der Waals surface area contributed by atoms with E-state index in [1.807, 2.05) is 13.1 Å². The molecular weight excluding hydrogens is 485 g/mol. The van der Waals surface area contributed by atoms with E-state index in [1.54, 1.807) is 42.6 Å². The van der Waals surface area contributed by atoms with E-state index in [0.29, 0.717) is 19.0 Å². The van der Waals surface area contributed by atoms with Crippen molar-refractivity contribution in [2.45, 2.75) is 24.9 Å². The Morgan fingerprint density at radius 2 is 1.81 bits per heavy atom. The molecule has 0 fully saturated rings. The zero-order valence-corrected chi connectivity index (χ0v) is 19.1. The molecule has 0 aliphatic rings. The van der Waals surface area contributed by atoms with Crippen LogP contribution in [-0.4, -0.2) is 44.8 Å². The average molecular weight is 509 g/mol. The summed E-state index contributed by atoms with van der Waals surface area (Å²) < 4.78 is 25.3. The van der Waals surface area contributed by atoms with E-state index < -0.39 is 10.0 Å². The van der Waals surface area contributed by atoms with Crippen LogP contribution in [0.25, 0.3) is 0 Å². The maximum absolute atomic E-state index is 12.1. The molecule has 10 heteroatoms. The number of aliphatic imine (C=N–C) groups is 1. The first-order valence-electron chi connectivity index (χ1n) is 7.70. The molecule has 0 saturated carbocycles. The normalized spacial score (nSPS) is 12.0. The third-order valence-electron chi connectivity index (χ3n) is 3.46. The van der Waals surface area contributed by atoms with Crippen LogP contribution in [0.15, 0.2) is 40.4 Å². The number of halogens is 1. The molecule has 0 saturated heterocycles. The van der Waals surface area contributed by atoms with Crippen molar-refractivity contribution in [3.05, 3.63) is 45.9 Å². The minimum atomic E-state index is -3.40. The Hall–Kier alpha value is -1.24. The quantitative estimate of drug-likeness (QED) is 0.354. The molecule has 2 aromatic rings. The molecule has 0 atom stereocenters. The molecule has 1 aromatic heterocycles. The summed E-state index contributed by atoms with van der Waals surface area (Å²) in [5.41, 5.74) is 0.964. The number of aromatic nitrogens is 1. The molecule has 2 N–H and O–H groups in total. The number of hydrogen-bond donors (Lipinski definition) is 2. The van der Waals surface area contributed by atoms with E-state index in [9.17, 15) is 8.42 Å². The molecule has 0 spiro atoms. The number of guanidine groups is 1. The third-order valence-corrected chi connectivity index (χ3v) is 6.20. The second-order valence-electron chi connectivity index (χ2n) is 5.58. The summed E-state index contributed by atoms with van der Waals surface area (Å²) in [6, 6.07) is 6.81. The summed E-state index contributed by atoms with van der Waals surface area (Å²) in [6.07, 6.45) is 1.85. The van der Waals surface area contributed by atoms with Gasteiger partial charge in [0.25, 0.3) is 0 Å². The van der Waals surface area contributed by atoms with Crippen LogP contribution in [0.5, 0.6) is 0 Å². The lowest BCUT2D eigenvalue weighted by molar-refractivity contribution is 0.520. The van der Waals surface area contributed by atoms with Crippen LogP contribution in [0, 0.1) is 6.92 Å². The molecule has 7 nitrogen and oxygen atoms in total.